The molecule has 1 aromatic rings. The zero-order valence-electron chi connectivity index (χ0n) is 7.17. The van der Waals surface area contributed by atoms with Gasteiger partial charge in [-0.15, -0.1) is 0 Å². The molecule has 0 heterocycles. The Bertz CT molecular complexity index is 310. The second kappa shape index (κ2) is 3.77. The number of anilines is 1. The van der Waals surface area contributed by atoms with Crippen LogP contribution in [0, 0.1) is 11.3 Å². The molecule has 1 rings (SSSR count). The van der Waals surface area contributed by atoms with E-state index < -0.39 is 0 Å². The van der Waals surface area contributed by atoms with Crippen LogP contribution in [0.4, 0.5) is 5.69 Å². The summed E-state index contributed by atoms with van der Waals surface area (Å²) in [4.78, 5) is 0. The van der Waals surface area contributed by atoms with Crippen molar-refractivity contribution in [2.45, 2.75) is 19.8 Å². The number of nitrogens with zero attached hydrogens (tertiary/aromatic N) is 1. The average Bonchev–Trinajstić information content (AvgIpc) is 2.09. The quantitative estimate of drug-likeness (QED) is 0.673. The summed E-state index contributed by atoms with van der Waals surface area (Å²) in [5.41, 5.74) is 8.06. The van der Waals surface area contributed by atoms with Crippen LogP contribution in [0.15, 0.2) is 18.2 Å². The Morgan fingerprint density at radius 1 is 1.50 bits per heavy atom. The second-order valence-electron chi connectivity index (χ2n) is 2.74. The molecule has 0 fully saturated rings. The summed E-state index contributed by atoms with van der Waals surface area (Å²) in [6, 6.07) is 7.66. The minimum atomic E-state index is 0.584. The molecule has 0 amide bonds. The Balaban J connectivity index is 3.07. The van der Waals surface area contributed by atoms with Gasteiger partial charge in [0.2, 0.25) is 0 Å². The lowest BCUT2D eigenvalue weighted by molar-refractivity contribution is 0.924. The highest BCUT2D eigenvalue weighted by Crippen LogP contribution is 2.17. The van der Waals surface area contributed by atoms with E-state index in [9.17, 15) is 0 Å². The van der Waals surface area contributed by atoms with Gasteiger partial charge in [0.05, 0.1) is 11.3 Å². The van der Waals surface area contributed by atoms with Crippen LogP contribution in [0.2, 0.25) is 0 Å². The minimum absolute atomic E-state index is 0.584. The van der Waals surface area contributed by atoms with Crippen molar-refractivity contribution < 1.29 is 0 Å². The summed E-state index contributed by atoms with van der Waals surface area (Å²) in [7, 11) is 0. The molecule has 0 saturated carbocycles. The number of hydrogen-bond donors (Lipinski definition) is 1. The van der Waals surface area contributed by atoms with E-state index in [2.05, 4.69) is 13.0 Å². The van der Waals surface area contributed by atoms with Crippen LogP contribution in [0.1, 0.15) is 24.5 Å². The van der Waals surface area contributed by atoms with E-state index in [0.717, 1.165) is 18.4 Å². The highest BCUT2D eigenvalue weighted by atomic mass is 14.6. The van der Waals surface area contributed by atoms with E-state index in [1.807, 2.05) is 12.1 Å². The van der Waals surface area contributed by atoms with Gasteiger partial charge in [0.15, 0.2) is 0 Å². The van der Waals surface area contributed by atoms with E-state index >= 15 is 0 Å². The molecule has 0 aliphatic carbocycles. The van der Waals surface area contributed by atoms with Crippen LogP contribution in [-0.2, 0) is 6.42 Å². The molecule has 0 radical (unpaired) electrons. The summed E-state index contributed by atoms with van der Waals surface area (Å²) >= 11 is 0. The molecule has 2 heteroatoms. The summed E-state index contributed by atoms with van der Waals surface area (Å²) in [5.74, 6) is 0. The predicted octanol–water partition coefficient (Wildman–Crippen LogP) is 2.09. The molecular formula is C10H12N2. The van der Waals surface area contributed by atoms with E-state index in [0.29, 0.717) is 11.3 Å². The summed E-state index contributed by atoms with van der Waals surface area (Å²) in [6.45, 7) is 2.10. The fraction of sp³-hybridized carbons (Fsp3) is 0.300. The van der Waals surface area contributed by atoms with Gasteiger partial charge in [-0.3, -0.25) is 0 Å². The highest BCUT2D eigenvalue weighted by Gasteiger charge is 2.01. The van der Waals surface area contributed by atoms with Gasteiger partial charge in [-0.1, -0.05) is 25.5 Å². The molecule has 0 bridgehead atoms. The third-order valence-electron chi connectivity index (χ3n) is 1.84. The van der Waals surface area contributed by atoms with Crippen LogP contribution >= 0.6 is 0 Å². The van der Waals surface area contributed by atoms with Crippen LogP contribution in [0.5, 0.6) is 0 Å². The van der Waals surface area contributed by atoms with Gasteiger partial charge in [-0.2, -0.15) is 5.26 Å². The number of benzene rings is 1. The van der Waals surface area contributed by atoms with Crippen LogP contribution < -0.4 is 5.73 Å². The fourth-order valence-electron chi connectivity index (χ4n) is 1.20. The zero-order valence-corrected chi connectivity index (χ0v) is 7.17. The van der Waals surface area contributed by atoms with Gasteiger partial charge >= 0.3 is 0 Å². The van der Waals surface area contributed by atoms with Gasteiger partial charge in [0.25, 0.3) is 0 Å². The van der Waals surface area contributed by atoms with Crippen molar-refractivity contribution in [1.29, 1.82) is 5.26 Å². The van der Waals surface area contributed by atoms with Gasteiger partial charge in [-0.05, 0) is 18.1 Å². The highest BCUT2D eigenvalue weighted by molar-refractivity contribution is 5.59. The largest absolute Gasteiger partial charge is 0.397 e. The Hall–Kier alpha value is -1.49. The van der Waals surface area contributed by atoms with E-state index in [1.54, 1.807) is 6.07 Å². The van der Waals surface area contributed by atoms with Crippen LogP contribution in [-0.4, -0.2) is 0 Å². The lowest BCUT2D eigenvalue weighted by Gasteiger charge is -2.04. The first-order valence-electron chi connectivity index (χ1n) is 4.07. The Morgan fingerprint density at radius 2 is 2.25 bits per heavy atom. The first-order chi connectivity index (χ1) is 5.79. The maximum Gasteiger partial charge on any atom is 0.101 e. The second-order valence-corrected chi connectivity index (χ2v) is 2.74. The summed E-state index contributed by atoms with van der Waals surface area (Å²) < 4.78 is 0. The number of para-hydroxylation sites is 1. The lowest BCUT2D eigenvalue weighted by Crippen LogP contribution is -1.96. The third-order valence-corrected chi connectivity index (χ3v) is 1.84. The standard InChI is InChI=1S/C10H12N2/c1-2-4-8-5-3-6-9(7-11)10(8)12/h3,5-6H,2,4,12H2,1H3. The van der Waals surface area contributed by atoms with Crippen molar-refractivity contribution in [2.75, 3.05) is 5.73 Å². The third kappa shape index (κ3) is 1.57. The molecule has 0 aliphatic rings. The lowest BCUT2D eigenvalue weighted by atomic mass is 10.0. The van der Waals surface area contributed by atoms with Crippen molar-refractivity contribution in [3.8, 4) is 6.07 Å². The van der Waals surface area contributed by atoms with Gasteiger partial charge in [-0.25, -0.2) is 0 Å². The predicted molar refractivity (Wildman–Crippen MR) is 49.6 cm³/mol. The Kier molecular flexibility index (Phi) is 2.71. The topological polar surface area (TPSA) is 49.8 Å². The molecule has 0 spiro atoms. The monoisotopic (exact) mass is 160 g/mol. The van der Waals surface area contributed by atoms with E-state index in [1.165, 1.54) is 0 Å². The summed E-state index contributed by atoms with van der Waals surface area (Å²) in [5, 5.41) is 8.68. The van der Waals surface area contributed by atoms with Crippen molar-refractivity contribution in [3.05, 3.63) is 29.3 Å². The molecule has 0 saturated heterocycles. The minimum Gasteiger partial charge on any atom is -0.397 e. The normalized spacial score (nSPS) is 9.33. The molecule has 0 aromatic heterocycles. The molecule has 2 N–H and O–H groups in total. The number of hydrogen-bond acceptors (Lipinski definition) is 2. The average molecular weight is 160 g/mol. The molecule has 2 nitrogen and oxygen atoms in total. The number of aryl methyl sites for hydroxylation is 1. The molecule has 12 heavy (non-hydrogen) atoms. The number of nitrogens with two attached hydrogens (primary N) is 1. The van der Waals surface area contributed by atoms with Gasteiger partial charge in [0, 0.05) is 0 Å². The summed E-state index contributed by atoms with van der Waals surface area (Å²) in [6.07, 6.45) is 2.00. The maximum atomic E-state index is 8.68. The maximum absolute atomic E-state index is 8.68. The molecule has 0 atom stereocenters. The smallest absolute Gasteiger partial charge is 0.101 e. The number of nitrogen functional groups attached to an aromatic ring is 1. The molecule has 0 aliphatic heterocycles. The first-order valence-corrected chi connectivity index (χ1v) is 4.07. The Labute approximate surface area is 72.6 Å². The fourth-order valence-corrected chi connectivity index (χ4v) is 1.20. The van der Waals surface area contributed by atoms with Crippen molar-refractivity contribution in [1.82, 2.24) is 0 Å². The van der Waals surface area contributed by atoms with Crippen molar-refractivity contribution in [2.24, 2.45) is 0 Å². The molecule has 0 unspecified atom stereocenters. The van der Waals surface area contributed by atoms with Gasteiger partial charge in [0.1, 0.15) is 6.07 Å². The molecule has 62 valence electrons. The van der Waals surface area contributed by atoms with Crippen molar-refractivity contribution >= 4 is 5.69 Å². The van der Waals surface area contributed by atoms with Crippen molar-refractivity contribution in [3.63, 3.8) is 0 Å². The zero-order chi connectivity index (χ0) is 8.97. The van der Waals surface area contributed by atoms with Crippen LogP contribution in [0.25, 0.3) is 0 Å². The first kappa shape index (κ1) is 8.61. The number of rotatable bonds is 2. The Morgan fingerprint density at radius 3 is 2.83 bits per heavy atom. The SMILES string of the molecule is CCCc1cccc(C#N)c1N. The molecule has 1 aromatic carbocycles. The van der Waals surface area contributed by atoms with E-state index in [4.69, 9.17) is 11.0 Å². The van der Waals surface area contributed by atoms with Crippen LogP contribution in [0.3, 0.4) is 0 Å². The van der Waals surface area contributed by atoms with Gasteiger partial charge < -0.3 is 5.73 Å². The number of nitriles is 1. The molecular weight excluding hydrogens is 148 g/mol. The van der Waals surface area contributed by atoms with E-state index in [-0.39, 0.29) is 0 Å².